The summed E-state index contributed by atoms with van der Waals surface area (Å²) in [5, 5.41) is 2.97. The van der Waals surface area contributed by atoms with Gasteiger partial charge in [0.1, 0.15) is 17.1 Å². The Kier molecular flexibility index (Phi) is 6.98. The van der Waals surface area contributed by atoms with Gasteiger partial charge in [-0.05, 0) is 48.5 Å². The molecule has 40 heavy (non-hydrogen) atoms. The number of ether oxygens (including phenoxy) is 3. The number of aromatic amines is 1. The third-order valence-electron chi connectivity index (χ3n) is 5.92. The molecular weight excluding hydrogens is 526 g/mol. The normalized spacial score (nSPS) is 10.8. The number of rotatable bonds is 7. The molecule has 1 amide bonds. The molecule has 2 aromatic heterocycles. The van der Waals surface area contributed by atoms with Gasteiger partial charge < -0.3 is 24.5 Å². The van der Waals surface area contributed by atoms with E-state index < -0.39 is 34.4 Å². The minimum absolute atomic E-state index is 0.0276. The Labute approximate surface area is 224 Å². The Morgan fingerprint density at radius 3 is 2.33 bits per heavy atom. The lowest BCUT2D eigenvalue weighted by atomic mass is 10.1. The van der Waals surface area contributed by atoms with Crippen molar-refractivity contribution in [3.8, 4) is 28.7 Å². The summed E-state index contributed by atoms with van der Waals surface area (Å²) in [6, 6.07) is 13.2. The average molecular weight is 546 g/mol. The summed E-state index contributed by atoms with van der Waals surface area (Å²) in [5.41, 5.74) is -1.55. The molecule has 5 rings (SSSR count). The molecule has 0 saturated carbocycles. The number of methoxy groups -OCH3 is 2. The minimum atomic E-state index is -0.940. The van der Waals surface area contributed by atoms with Crippen molar-refractivity contribution in [3.63, 3.8) is 0 Å². The summed E-state index contributed by atoms with van der Waals surface area (Å²) in [5.74, 6) is -1.18. The topological polar surface area (TPSA) is 125 Å². The van der Waals surface area contributed by atoms with E-state index in [1.165, 1.54) is 44.7 Å². The number of aromatic nitrogens is 3. The first-order valence-electron chi connectivity index (χ1n) is 11.7. The fourth-order valence-electron chi connectivity index (χ4n) is 3.97. The molecule has 0 aliphatic rings. The molecule has 0 unspecified atom stereocenters. The van der Waals surface area contributed by atoms with Crippen molar-refractivity contribution < 1.29 is 27.8 Å². The van der Waals surface area contributed by atoms with Crippen LogP contribution in [0.5, 0.6) is 23.0 Å². The van der Waals surface area contributed by atoms with Crippen LogP contribution in [0.2, 0.25) is 0 Å². The highest BCUT2D eigenvalue weighted by atomic mass is 19.1. The first-order valence-corrected chi connectivity index (χ1v) is 11.7. The Morgan fingerprint density at radius 1 is 0.900 bits per heavy atom. The molecule has 2 N–H and O–H groups in total. The Hall–Kier alpha value is -5.52. The van der Waals surface area contributed by atoms with Gasteiger partial charge in [-0.2, -0.15) is 0 Å². The fraction of sp³-hybridized carbons (Fsp3) is 0.0714. The molecule has 0 saturated heterocycles. The van der Waals surface area contributed by atoms with Crippen molar-refractivity contribution >= 4 is 22.5 Å². The lowest BCUT2D eigenvalue weighted by Gasteiger charge is -2.13. The second kappa shape index (κ2) is 10.7. The molecule has 0 bridgehead atoms. The first-order chi connectivity index (χ1) is 19.3. The molecule has 0 atom stereocenters. The van der Waals surface area contributed by atoms with Crippen LogP contribution in [0.25, 0.3) is 16.6 Å². The number of pyridine rings is 1. The SMILES string of the molecule is COc1cc2nccc(Oc3ccc(NC(=O)c4c[nH]c(=O)n(-c5ccc(F)cc5)c4=O)cc3F)c2cc1OC. The van der Waals surface area contributed by atoms with E-state index in [0.717, 1.165) is 24.4 Å². The van der Waals surface area contributed by atoms with E-state index in [0.29, 0.717) is 32.7 Å². The summed E-state index contributed by atoms with van der Waals surface area (Å²) >= 11 is 0. The van der Waals surface area contributed by atoms with Crippen LogP contribution in [0.15, 0.2) is 82.6 Å². The van der Waals surface area contributed by atoms with Gasteiger partial charge in [-0.15, -0.1) is 0 Å². The molecule has 0 fully saturated rings. The highest BCUT2D eigenvalue weighted by Gasteiger charge is 2.18. The van der Waals surface area contributed by atoms with Gasteiger partial charge in [0.15, 0.2) is 23.1 Å². The number of halogens is 2. The van der Waals surface area contributed by atoms with Gasteiger partial charge in [0.05, 0.1) is 25.4 Å². The summed E-state index contributed by atoms with van der Waals surface area (Å²) in [4.78, 5) is 44.6. The number of carbonyl (C=O) groups is 1. The van der Waals surface area contributed by atoms with Gasteiger partial charge in [-0.25, -0.2) is 18.1 Å². The fourth-order valence-corrected chi connectivity index (χ4v) is 3.97. The second-order valence-corrected chi connectivity index (χ2v) is 8.36. The van der Waals surface area contributed by atoms with Crippen LogP contribution < -0.4 is 30.8 Å². The summed E-state index contributed by atoms with van der Waals surface area (Å²) in [6.07, 6.45) is 2.45. The number of amides is 1. The van der Waals surface area contributed by atoms with Gasteiger partial charge in [-0.1, -0.05) is 0 Å². The molecule has 0 spiro atoms. The zero-order chi connectivity index (χ0) is 28.4. The van der Waals surface area contributed by atoms with E-state index in [-0.39, 0.29) is 17.1 Å². The summed E-state index contributed by atoms with van der Waals surface area (Å²) in [6.45, 7) is 0. The molecule has 5 aromatic rings. The van der Waals surface area contributed by atoms with Crippen molar-refractivity contribution in [2.45, 2.75) is 0 Å². The number of nitrogens with one attached hydrogen (secondary N) is 2. The van der Waals surface area contributed by atoms with Gasteiger partial charge in [-0.3, -0.25) is 14.6 Å². The van der Waals surface area contributed by atoms with Crippen LogP contribution in [0.1, 0.15) is 10.4 Å². The number of fused-ring (bicyclic) bond motifs is 1. The number of carbonyl (C=O) groups excluding carboxylic acids is 1. The van der Waals surface area contributed by atoms with Crippen LogP contribution in [0, 0.1) is 11.6 Å². The third-order valence-corrected chi connectivity index (χ3v) is 5.92. The van der Waals surface area contributed by atoms with E-state index in [9.17, 15) is 18.8 Å². The molecule has 0 aliphatic carbocycles. The number of hydrogen-bond donors (Lipinski definition) is 2. The Morgan fingerprint density at radius 2 is 1.62 bits per heavy atom. The van der Waals surface area contributed by atoms with Crippen LogP contribution in [-0.2, 0) is 0 Å². The maximum Gasteiger partial charge on any atom is 0.333 e. The summed E-state index contributed by atoms with van der Waals surface area (Å²) < 4.78 is 45.4. The van der Waals surface area contributed by atoms with E-state index in [1.54, 1.807) is 18.2 Å². The highest BCUT2D eigenvalue weighted by Crippen LogP contribution is 2.37. The molecule has 2 heterocycles. The zero-order valence-corrected chi connectivity index (χ0v) is 21.0. The second-order valence-electron chi connectivity index (χ2n) is 8.36. The van der Waals surface area contributed by atoms with E-state index in [4.69, 9.17) is 14.2 Å². The Bertz CT molecular complexity index is 1870. The lowest BCUT2D eigenvalue weighted by molar-refractivity contribution is 0.102. The molecule has 202 valence electrons. The van der Waals surface area contributed by atoms with Gasteiger partial charge in [0, 0.05) is 35.6 Å². The van der Waals surface area contributed by atoms with Crippen molar-refractivity contribution in [2.75, 3.05) is 19.5 Å². The molecule has 0 aliphatic heterocycles. The van der Waals surface area contributed by atoms with Crippen molar-refractivity contribution in [2.24, 2.45) is 0 Å². The smallest absolute Gasteiger partial charge is 0.333 e. The maximum atomic E-state index is 15.0. The monoisotopic (exact) mass is 546 g/mol. The van der Waals surface area contributed by atoms with Gasteiger partial charge in [0.2, 0.25) is 0 Å². The number of anilines is 1. The minimum Gasteiger partial charge on any atom is -0.493 e. The quantitative estimate of drug-likeness (QED) is 0.310. The molecule has 10 nitrogen and oxygen atoms in total. The number of H-pyrrole nitrogens is 1. The number of hydrogen-bond acceptors (Lipinski definition) is 7. The number of benzene rings is 3. The van der Waals surface area contributed by atoms with E-state index in [2.05, 4.69) is 15.3 Å². The van der Waals surface area contributed by atoms with Gasteiger partial charge in [0.25, 0.3) is 11.5 Å². The standard InChI is InChI=1S/C28H20F2N4O6/c1-38-24-12-18-21(13-25(24)39-2)31-10-9-22(18)40-23-8-5-16(11-20(23)30)33-26(35)19-14-32-28(37)34(27(19)36)17-6-3-15(29)4-7-17/h3-14H,1-2H3,(H,32,37)(H,33,35). The molecule has 0 radical (unpaired) electrons. The first kappa shape index (κ1) is 26.1. The van der Waals surface area contributed by atoms with Crippen LogP contribution >= 0.6 is 0 Å². The predicted molar refractivity (Wildman–Crippen MR) is 142 cm³/mol. The molecule has 3 aromatic carbocycles. The highest BCUT2D eigenvalue weighted by molar-refractivity contribution is 6.03. The van der Waals surface area contributed by atoms with Crippen molar-refractivity contribution in [1.29, 1.82) is 0 Å². The van der Waals surface area contributed by atoms with Crippen LogP contribution in [0.3, 0.4) is 0 Å². The zero-order valence-electron chi connectivity index (χ0n) is 21.0. The summed E-state index contributed by atoms with van der Waals surface area (Å²) in [7, 11) is 2.98. The van der Waals surface area contributed by atoms with Crippen LogP contribution in [-0.4, -0.2) is 34.7 Å². The largest absolute Gasteiger partial charge is 0.493 e. The predicted octanol–water partition coefficient (Wildman–Crippen LogP) is 4.41. The molecule has 12 heteroatoms. The van der Waals surface area contributed by atoms with Gasteiger partial charge >= 0.3 is 5.69 Å². The van der Waals surface area contributed by atoms with Crippen molar-refractivity contribution in [3.05, 3.63) is 111 Å². The Balaban J connectivity index is 1.40. The van der Waals surface area contributed by atoms with E-state index in [1.807, 2.05) is 0 Å². The van der Waals surface area contributed by atoms with E-state index >= 15 is 4.39 Å². The lowest BCUT2D eigenvalue weighted by Crippen LogP contribution is -2.38. The molecular formula is C28H20F2N4O6. The maximum absolute atomic E-state index is 15.0. The number of nitrogens with zero attached hydrogens (tertiary/aromatic N) is 2. The van der Waals surface area contributed by atoms with Crippen molar-refractivity contribution in [1.82, 2.24) is 14.5 Å². The average Bonchev–Trinajstić information content (AvgIpc) is 2.94. The third kappa shape index (κ3) is 4.97. The van der Waals surface area contributed by atoms with Crippen LogP contribution in [0.4, 0.5) is 14.5 Å².